The van der Waals surface area contributed by atoms with Crippen LogP contribution in [-0.4, -0.2) is 10.9 Å². The van der Waals surface area contributed by atoms with Crippen LogP contribution >= 0.6 is 0 Å². The van der Waals surface area contributed by atoms with E-state index in [-0.39, 0.29) is 17.6 Å². The number of nitrogens with two attached hydrogens (primary N) is 1. The number of amides is 1. The monoisotopic (exact) mass is 239 g/mol. The maximum absolute atomic E-state index is 11.8. The number of aromatic nitrogens is 1. The van der Waals surface area contributed by atoms with Crippen LogP contribution < -0.4 is 11.3 Å². The third-order valence-corrected chi connectivity index (χ3v) is 2.74. The number of hydrogen-bond acceptors (Lipinski definition) is 3. The lowest BCUT2D eigenvalue weighted by Crippen LogP contribution is -2.36. The average molecular weight is 239 g/mol. The van der Waals surface area contributed by atoms with Gasteiger partial charge in [0.2, 0.25) is 5.91 Å². The van der Waals surface area contributed by atoms with Crippen molar-refractivity contribution in [1.82, 2.24) is 10.4 Å². The van der Waals surface area contributed by atoms with Gasteiger partial charge in [-0.25, -0.2) is 10.2 Å². The first-order chi connectivity index (χ1) is 8.24. The smallest absolute Gasteiger partial charge is 0.236 e. The van der Waals surface area contributed by atoms with Crippen molar-refractivity contribution in [3.8, 4) is 0 Å². The molecule has 1 amide bonds. The topological polar surface area (TPSA) is 68.0 Å². The highest BCUT2D eigenvalue weighted by atomic mass is 19.1. The van der Waals surface area contributed by atoms with Crippen molar-refractivity contribution in [2.75, 3.05) is 0 Å². The van der Waals surface area contributed by atoms with E-state index in [0.29, 0.717) is 0 Å². The van der Waals surface area contributed by atoms with E-state index in [9.17, 15) is 9.18 Å². The van der Waals surface area contributed by atoms with Gasteiger partial charge < -0.3 is 0 Å². The van der Waals surface area contributed by atoms with Gasteiger partial charge in [-0.15, -0.1) is 0 Å². The molecule has 0 atom stereocenters. The minimum Gasteiger partial charge on any atom is -0.294 e. The van der Waals surface area contributed by atoms with E-state index < -0.39 is 0 Å². The van der Waals surface area contributed by atoms with Crippen LogP contribution in [0.2, 0.25) is 0 Å². The number of nitrogens with zero attached hydrogens (tertiary/aromatic N) is 1. The summed E-state index contributed by atoms with van der Waals surface area (Å²) in [6.45, 7) is 0. The predicted octanol–water partition coefficient (Wildman–Crippen LogP) is 1.78. The highest BCUT2D eigenvalue weighted by molar-refractivity contribution is 5.77. The summed E-state index contributed by atoms with van der Waals surface area (Å²) in [6, 6.07) is 2.91. The molecule has 0 saturated heterocycles. The molecular weight excluding hydrogens is 221 g/mol. The number of rotatable bonds is 1. The largest absolute Gasteiger partial charge is 0.294 e. The van der Waals surface area contributed by atoms with Crippen molar-refractivity contribution >= 4 is 5.91 Å². The Morgan fingerprint density at radius 2 is 2.12 bits per heavy atom. The van der Waals surface area contributed by atoms with Crippen LogP contribution in [0.4, 0.5) is 4.39 Å². The lowest BCUT2D eigenvalue weighted by Gasteiger charge is -2.19. The molecule has 5 heteroatoms. The highest BCUT2D eigenvalue weighted by Crippen LogP contribution is 2.23. The molecule has 17 heavy (non-hydrogen) atoms. The number of hydrogen-bond donors (Lipinski definition) is 2. The van der Waals surface area contributed by atoms with Gasteiger partial charge in [0.25, 0.3) is 0 Å². The second kappa shape index (κ2) is 7.73. The van der Waals surface area contributed by atoms with Gasteiger partial charge >= 0.3 is 0 Å². The van der Waals surface area contributed by atoms with Crippen molar-refractivity contribution in [2.24, 2.45) is 11.8 Å². The van der Waals surface area contributed by atoms with Crippen LogP contribution in [0.5, 0.6) is 0 Å². The summed E-state index contributed by atoms with van der Waals surface area (Å²) in [4.78, 5) is 14.4. The molecule has 1 heterocycles. The fraction of sp³-hybridized carbons (Fsp3) is 0.500. The summed E-state index contributed by atoms with van der Waals surface area (Å²) in [5.74, 6) is 4.92. The van der Waals surface area contributed by atoms with Gasteiger partial charge in [-0.05, 0) is 25.0 Å². The summed E-state index contributed by atoms with van der Waals surface area (Å²) >= 11 is 0. The molecule has 1 fully saturated rings. The molecule has 1 aliphatic rings. The number of halogens is 1. The standard InChI is InChI=1S/C7H14N2O.C5H4FN/c8-9-7(10)6-4-2-1-3-5-6;6-5-2-1-3-7-4-5/h6H,1-5,8H2,(H,9,10);1-4H. The Kier molecular flexibility index (Phi) is 6.17. The first-order valence-electron chi connectivity index (χ1n) is 5.80. The molecule has 4 nitrogen and oxygen atoms in total. The number of carbonyl (C=O) groups excluding carboxylic acids is 1. The van der Waals surface area contributed by atoms with Crippen molar-refractivity contribution in [3.63, 3.8) is 0 Å². The molecule has 2 rings (SSSR count). The maximum Gasteiger partial charge on any atom is 0.236 e. The van der Waals surface area contributed by atoms with Gasteiger partial charge in [-0.1, -0.05) is 19.3 Å². The molecule has 0 unspecified atom stereocenters. The molecule has 1 aromatic rings. The molecule has 0 aromatic carbocycles. The number of carbonyl (C=O) groups is 1. The Hall–Kier alpha value is -1.49. The van der Waals surface area contributed by atoms with Crippen LogP contribution in [-0.2, 0) is 4.79 Å². The van der Waals surface area contributed by atoms with Crippen LogP contribution in [0.25, 0.3) is 0 Å². The lowest BCUT2D eigenvalue weighted by molar-refractivity contribution is -0.125. The maximum atomic E-state index is 11.8. The molecule has 0 spiro atoms. The Morgan fingerprint density at radius 1 is 1.41 bits per heavy atom. The molecule has 0 aliphatic heterocycles. The zero-order valence-electron chi connectivity index (χ0n) is 9.73. The van der Waals surface area contributed by atoms with Crippen LogP contribution in [0.15, 0.2) is 24.5 Å². The number of hydrazine groups is 1. The fourth-order valence-electron chi connectivity index (χ4n) is 1.82. The number of nitrogens with one attached hydrogen (secondary N) is 1. The molecule has 94 valence electrons. The molecule has 0 radical (unpaired) electrons. The van der Waals surface area contributed by atoms with E-state index in [1.165, 1.54) is 37.7 Å². The van der Waals surface area contributed by atoms with Gasteiger partial charge in [0.1, 0.15) is 5.82 Å². The van der Waals surface area contributed by atoms with Crippen LogP contribution in [0, 0.1) is 11.7 Å². The number of pyridine rings is 1. The Balaban J connectivity index is 0.000000181. The van der Waals surface area contributed by atoms with Crippen LogP contribution in [0.3, 0.4) is 0 Å². The summed E-state index contributed by atoms with van der Waals surface area (Å²) in [5.41, 5.74) is 2.20. The fourth-order valence-corrected chi connectivity index (χ4v) is 1.82. The van der Waals surface area contributed by atoms with Crippen molar-refractivity contribution < 1.29 is 9.18 Å². The summed E-state index contributed by atoms with van der Waals surface area (Å²) in [6.07, 6.45) is 8.36. The SMILES string of the molecule is Fc1cccnc1.NNC(=O)C1CCCCC1. The highest BCUT2D eigenvalue weighted by Gasteiger charge is 2.19. The lowest BCUT2D eigenvalue weighted by atomic mass is 9.89. The van der Waals surface area contributed by atoms with Crippen molar-refractivity contribution in [1.29, 1.82) is 0 Å². The average Bonchev–Trinajstić information content (AvgIpc) is 2.40. The van der Waals surface area contributed by atoms with Gasteiger partial charge in [-0.3, -0.25) is 15.2 Å². The Morgan fingerprint density at radius 3 is 2.53 bits per heavy atom. The van der Waals surface area contributed by atoms with E-state index in [0.717, 1.165) is 12.8 Å². The predicted molar refractivity (Wildman–Crippen MR) is 63.1 cm³/mol. The molecule has 1 aromatic heterocycles. The van der Waals surface area contributed by atoms with E-state index in [1.54, 1.807) is 6.07 Å². The Labute approximate surface area is 100 Å². The van der Waals surface area contributed by atoms with Gasteiger partial charge in [0, 0.05) is 12.1 Å². The van der Waals surface area contributed by atoms with E-state index in [4.69, 9.17) is 5.84 Å². The Bertz CT molecular complexity index is 326. The summed E-state index contributed by atoms with van der Waals surface area (Å²) < 4.78 is 11.8. The van der Waals surface area contributed by atoms with Gasteiger partial charge in [-0.2, -0.15) is 0 Å². The van der Waals surface area contributed by atoms with Crippen molar-refractivity contribution in [2.45, 2.75) is 32.1 Å². The normalized spacial score (nSPS) is 15.6. The molecule has 0 bridgehead atoms. The summed E-state index contributed by atoms with van der Waals surface area (Å²) in [7, 11) is 0. The molecular formula is C12H18FN3O. The second-order valence-corrected chi connectivity index (χ2v) is 4.01. The minimum absolute atomic E-state index is 0.0136. The van der Waals surface area contributed by atoms with E-state index >= 15 is 0 Å². The second-order valence-electron chi connectivity index (χ2n) is 4.01. The van der Waals surface area contributed by atoms with E-state index in [2.05, 4.69) is 10.4 Å². The van der Waals surface area contributed by atoms with Gasteiger partial charge in [0.15, 0.2) is 0 Å². The first kappa shape index (κ1) is 13.6. The molecule has 1 aliphatic carbocycles. The van der Waals surface area contributed by atoms with Gasteiger partial charge in [0.05, 0.1) is 6.20 Å². The molecule has 1 saturated carbocycles. The van der Waals surface area contributed by atoms with Crippen LogP contribution in [0.1, 0.15) is 32.1 Å². The zero-order valence-corrected chi connectivity index (χ0v) is 9.73. The minimum atomic E-state index is -0.289. The quantitative estimate of drug-likeness (QED) is 0.446. The molecule has 3 N–H and O–H groups in total. The third-order valence-electron chi connectivity index (χ3n) is 2.74. The van der Waals surface area contributed by atoms with E-state index in [1.807, 2.05) is 0 Å². The first-order valence-corrected chi connectivity index (χ1v) is 5.80. The summed E-state index contributed by atoms with van der Waals surface area (Å²) in [5, 5.41) is 0. The third kappa shape index (κ3) is 5.40. The van der Waals surface area contributed by atoms with Crippen molar-refractivity contribution in [3.05, 3.63) is 30.3 Å². The zero-order chi connectivity index (χ0) is 12.5.